The van der Waals surface area contributed by atoms with Gasteiger partial charge in [0.15, 0.2) is 0 Å². The standard InChI is InChI=1S/C15H19N7O2/c1-17-14(23)13-3-2-10(7-18-13)15(24)21-5-4-12(9-21)22-8-11(6-16)19-20-22/h2-3,7-8,12H,4-6,9,16H2,1H3,(H,17,23). The van der Waals surface area contributed by atoms with Gasteiger partial charge in [0.05, 0.1) is 23.5 Å². The molecule has 9 heteroatoms. The molecule has 1 aliphatic heterocycles. The molecule has 0 radical (unpaired) electrons. The van der Waals surface area contributed by atoms with E-state index in [1.807, 2.05) is 6.20 Å². The van der Waals surface area contributed by atoms with Crippen LogP contribution < -0.4 is 11.1 Å². The van der Waals surface area contributed by atoms with E-state index in [1.165, 1.54) is 13.2 Å². The molecule has 0 spiro atoms. The minimum absolute atomic E-state index is 0.0971. The molecule has 3 N–H and O–H groups in total. The third-order valence-electron chi connectivity index (χ3n) is 4.06. The molecular weight excluding hydrogens is 310 g/mol. The molecular formula is C15H19N7O2. The quantitative estimate of drug-likeness (QED) is 0.786. The van der Waals surface area contributed by atoms with E-state index in [-0.39, 0.29) is 23.6 Å². The van der Waals surface area contributed by atoms with Gasteiger partial charge in [0, 0.05) is 32.9 Å². The number of amides is 2. The average molecular weight is 329 g/mol. The first-order valence-electron chi connectivity index (χ1n) is 7.70. The SMILES string of the molecule is CNC(=O)c1ccc(C(=O)N2CCC(n3cc(CN)nn3)C2)cn1. The highest BCUT2D eigenvalue weighted by atomic mass is 16.2. The molecule has 1 aliphatic rings. The van der Waals surface area contributed by atoms with E-state index in [0.717, 1.165) is 12.1 Å². The fourth-order valence-electron chi connectivity index (χ4n) is 2.69. The van der Waals surface area contributed by atoms with Crippen molar-refractivity contribution in [3.63, 3.8) is 0 Å². The van der Waals surface area contributed by atoms with E-state index < -0.39 is 0 Å². The van der Waals surface area contributed by atoms with Gasteiger partial charge < -0.3 is 16.0 Å². The molecule has 3 rings (SSSR count). The number of nitrogens with one attached hydrogen (secondary N) is 1. The highest BCUT2D eigenvalue weighted by Gasteiger charge is 2.29. The number of hydrogen-bond donors (Lipinski definition) is 2. The number of nitrogens with two attached hydrogens (primary N) is 1. The summed E-state index contributed by atoms with van der Waals surface area (Å²) in [6, 6.07) is 3.26. The average Bonchev–Trinajstić information content (AvgIpc) is 3.29. The molecule has 0 aromatic carbocycles. The minimum atomic E-state index is -0.280. The predicted molar refractivity (Wildman–Crippen MR) is 85.1 cm³/mol. The summed E-state index contributed by atoms with van der Waals surface area (Å²) in [4.78, 5) is 29.8. The lowest BCUT2D eigenvalue weighted by molar-refractivity contribution is 0.0785. The van der Waals surface area contributed by atoms with Crippen molar-refractivity contribution in [2.24, 2.45) is 5.73 Å². The third-order valence-corrected chi connectivity index (χ3v) is 4.06. The van der Waals surface area contributed by atoms with Crippen LogP contribution in [0, 0.1) is 0 Å². The topological polar surface area (TPSA) is 119 Å². The Bertz CT molecular complexity index is 741. The first kappa shape index (κ1) is 16.1. The monoisotopic (exact) mass is 329 g/mol. The Hall–Kier alpha value is -2.81. The van der Waals surface area contributed by atoms with Crippen LogP contribution in [0.2, 0.25) is 0 Å². The number of carbonyl (C=O) groups is 2. The molecule has 0 aliphatic carbocycles. The van der Waals surface area contributed by atoms with Gasteiger partial charge in [-0.15, -0.1) is 5.10 Å². The maximum Gasteiger partial charge on any atom is 0.269 e. The summed E-state index contributed by atoms with van der Waals surface area (Å²) in [6.07, 6.45) is 4.06. The Labute approximate surface area is 138 Å². The molecule has 2 aromatic rings. The molecule has 0 saturated carbocycles. The Balaban J connectivity index is 1.66. The Kier molecular flexibility index (Phi) is 4.52. The maximum absolute atomic E-state index is 12.6. The molecule has 3 heterocycles. The van der Waals surface area contributed by atoms with Crippen LogP contribution in [-0.4, -0.2) is 56.8 Å². The van der Waals surface area contributed by atoms with Crippen LogP contribution in [0.1, 0.15) is 39.0 Å². The van der Waals surface area contributed by atoms with Gasteiger partial charge in [0.25, 0.3) is 11.8 Å². The molecule has 1 fully saturated rings. The molecule has 2 aromatic heterocycles. The maximum atomic E-state index is 12.6. The fourth-order valence-corrected chi connectivity index (χ4v) is 2.69. The van der Waals surface area contributed by atoms with E-state index in [9.17, 15) is 9.59 Å². The van der Waals surface area contributed by atoms with E-state index in [0.29, 0.717) is 25.2 Å². The number of hydrogen-bond acceptors (Lipinski definition) is 6. The lowest BCUT2D eigenvalue weighted by atomic mass is 10.2. The number of pyridine rings is 1. The van der Waals surface area contributed by atoms with Gasteiger partial charge >= 0.3 is 0 Å². The summed E-state index contributed by atoms with van der Waals surface area (Å²) < 4.78 is 1.77. The number of nitrogens with zero attached hydrogens (tertiary/aromatic N) is 5. The van der Waals surface area contributed by atoms with E-state index >= 15 is 0 Å². The van der Waals surface area contributed by atoms with Gasteiger partial charge in [-0.1, -0.05) is 5.21 Å². The zero-order chi connectivity index (χ0) is 17.1. The van der Waals surface area contributed by atoms with Crippen LogP contribution in [0.5, 0.6) is 0 Å². The van der Waals surface area contributed by atoms with Crippen molar-refractivity contribution in [1.29, 1.82) is 0 Å². The molecule has 24 heavy (non-hydrogen) atoms. The van der Waals surface area contributed by atoms with Crippen LogP contribution in [0.4, 0.5) is 0 Å². The van der Waals surface area contributed by atoms with Crippen LogP contribution in [0.3, 0.4) is 0 Å². The van der Waals surface area contributed by atoms with Gasteiger partial charge in [-0.05, 0) is 18.6 Å². The summed E-state index contributed by atoms with van der Waals surface area (Å²) in [6.45, 7) is 1.54. The normalized spacial score (nSPS) is 17.1. The first-order valence-corrected chi connectivity index (χ1v) is 7.70. The molecule has 0 bridgehead atoms. The number of rotatable bonds is 4. The molecule has 1 saturated heterocycles. The summed E-state index contributed by atoms with van der Waals surface area (Å²) in [5, 5.41) is 10.5. The minimum Gasteiger partial charge on any atom is -0.354 e. The van der Waals surface area contributed by atoms with Gasteiger partial charge in [0.1, 0.15) is 5.69 Å². The fraction of sp³-hybridized carbons (Fsp3) is 0.400. The van der Waals surface area contributed by atoms with Crippen LogP contribution in [0.25, 0.3) is 0 Å². The molecule has 1 atom stereocenters. The van der Waals surface area contributed by atoms with Gasteiger partial charge in [-0.25, -0.2) is 4.68 Å². The Morgan fingerprint density at radius 2 is 2.25 bits per heavy atom. The smallest absolute Gasteiger partial charge is 0.269 e. The highest BCUT2D eigenvalue weighted by molar-refractivity contribution is 5.96. The van der Waals surface area contributed by atoms with Crippen LogP contribution in [-0.2, 0) is 6.54 Å². The van der Waals surface area contributed by atoms with E-state index in [4.69, 9.17) is 5.73 Å². The zero-order valence-electron chi connectivity index (χ0n) is 13.3. The van der Waals surface area contributed by atoms with Gasteiger partial charge in [-0.3, -0.25) is 14.6 Å². The first-order chi connectivity index (χ1) is 11.6. The van der Waals surface area contributed by atoms with Crippen molar-refractivity contribution < 1.29 is 9.59 Å². The lowest BCUT2D eigenvalue weighted by Crippen LogP contribution is -2.29. The Morgan fingerprint density at radius 3 is 2.88 bits per heavy atom. The zero-order valence-corrected chi connectivity index (χ0v) is 13.3. The molecule has 9 nitrogen and oxygen atoms in total. The van der Waals surface area contributed by atoms with Crippen molar-refractivity contribution in [1.82, 2.24) is 30.2 Å². The van der Waals surface area contributed by atoms with Crippen LogP contribution in [0.15, 0.2) is 24.5 Å². The Morgan fingerprint density at radius 1 is 1.42 bits per heavy atom. The second-order valence-corrected chi connectivity index (χ2v) is 5.60. The lowest BCUT2D eigenvalue weighted by Gasteiger charge is -2.16. The summed E-state index contributed by atoms with van der Waals surface area (Å²) in [7, 11) is 1.54. The molecule has 126 valence electrons. The summed E-state index contributed by atoms with van der Waals surface area (Å²) in [5.74, 6) is -0.384. The number of carbonyl (C=O) groups excluding carboxylic acids is 2. The third kappa shape index (κ3) is 3.11. The second kappa shape index (κ2) is 6.75. The van der Waals surface area contributed by atoms with E-state index in [2.05, 4.69) is 20.6 Å². The molecule has 2 amide bonds. The molecule has 1 unspecified atom stereocenters. The van der Waals surface area contributed by atoms with Crippen molar-refractivity contribution in [3.05, 3.63) is 41.5 Å². The van der Waals surface area contributed by atoms with Crippen molar-refractivity contribution in [3.8, 4) is 0 Å². The van der Waals surface area contributed by atoms with Crippen molar-refractivity contribution in [2.45, 2.75) is 19.0 Å². The summed E-state index contributed by atoms with van der Waals surface area (Å²) >= 11 is 0. The van der Waals surface area contributed by atoms with Crippen molar-refractivity contribution in [2.75, 3.05) is 20.1 Å². The number of likely N-dealkylation sites (tertiary alicyclic amines) is 1. The van der Waals surface area contributed by atoms with Gasteiger partial charge in [0.2, 0.25) is 0 Å². The second-order valence-electron chi connectivity index (χ2n) is 5.60. The van der Waals surface area contributed by atoms with Crippen LogP contribution >= 0.6 is 0 Å². The van der Waals surface area contributed by atoms with E-state index in [1.54, 1.807) is 21.7 Å². The predicted octanol–water partition coefficient (Wildman–Crippen LogP) is -0.421. The van der Waals surface area contributed by atoms with Gasteiger partial charge in [-0.2, -0.15) is 0 Å². The highest BCUT2D eigenvalue weighted by Crippen LogP contribution is 2.22. The summed E-state index contributed by atoms with van der Waals surface area (Å²) in [5.41, 5.74) is 7.02. The largest absolute Gasteiger partial charge is 0.354 e. The number of aromatic nitrogens is 4. The van der Waals surface area contributed by atoms with Crippen molar-refractivity contribution >= 4 is 11.8 Å².